The van der Waals surface area contributed by atoms with E-state index in [1.165, 1.54) is 5.56 Å². The number of likely N-dealkylation sites (tertiary alicyclic amines) is 1. The molecule has 0 saturated carbocycles. The third kappa shape index (κ3) is 2.93. The van der Waals surface area contributed by atoms with Crippen LogP contribution < -0.4 is 0 Å². The van der Waals surface area contributed by atoms with Crippen molar-refractivity contribution >= 4 is 17.0 Å². The number of nitrogens with zero attached hydrogens (tertiary/aromatic N) is 2. The van der Waals surface area contributed by atoms with Crippen LogP contribution in [-0.4, -0.2) is 27.7 Å². The van der Waals surface area contributed by atoms with Crippen molar-refractivity contribution in [2.75, 3.05) is 13.1 Å². The van der Waals surface area contributed by atoms with Gasteiger partial charge in [0.1, 0.15) is 0 Å². The normalized spacial score (nSPS) is 21.1. The van der Waals surface area contributed by atoms with Crippen molar-refractivity contribution in [1.29, 1.82) is 0 Å². The Morgan fingerprint density at radius 3 is 2.58 bits per heavy atom. The molecule has 134 valence electrons. The summed E-state index contributed by atoms with van der Waals surface area (Å²) < 4.78 is 2.14. The summed E-state index contributed by atoms with van der Waals surface area (Å²) in [6.07, 6.45) is 2.81. The fraction of sp³-hybridized carbons (Fsp3) is 0.304. The third-order valence-corrected chi connectivity index (χ3v) is 5.65. The number of aromatic nitrogens is 1. The van der Waals surface area contributed by atoms with Crippen molar-refractivity contribution in [3.8, 4) is 5.88 Å². The summed E-state index contributed by atoms with van der Waals surface area (Å²) in [7, 11) is 0. The van der Waals surface area contributed by atoms with Crippen LogP contribution in [0.5, 0.6) is 5.88 Å². The van der Waals surface area contributed by atoms with Crippen LogP contribution >= 0.6 is 0 Å². The van der Waals surface area contributed by atoms with Crippen LogP contribution in [0.2, 0.25) is 0 Å². The fourth-order valence-corrected chi connectivity index (χ4v) is 4.40. The second kappa shape index (κ2) is 7.00. The van der Waals surface area contributed by atoms with E-state index in [0.29, 0.717) is 17.8 Å². The first kappa shape index (κ1) is 16.9. The fourth-order valence-electron chi connectivity index (χ4n) is 4.40. The molecule has 3 aromatic rings. The van der Waals surface area contributed by atoms with Gasteiger partial charge >= 0.3 is 0 Å². The Bertz CT molecular complexity index is 913. The Labute approximate surface area is 155 Å². The lowest BCUT2D eigenvalue weighted by Gasteiger charge is -2.38. The molecule has 1 saturated heterocycles. The zero-order valence-electron chi connectivity index (χ0n) is 15.3. The maximum Gasteiger partial charge on any atom is 0.199 e. The molecule has 4 rings (SSSR count). The highest BCUT2D eigenvalue weighted by atomic mass is 16.3. The number of benzene rings is 2. The number of fused-ring (bicyclic) bond motifs is 1. The molecule has 0 spiro atoms. The van der Waals surface area contributed by atoms with Gasteiger partial charge in [-0.25, -0.2) is 0 Å². The van der Waals surface area contributed by atoms with Crippen LogP contribution in [0.1, 0.15) is 30.5 Å². The maximum atomic E-state index is 10.9. The van der Waals surface area contributed by atoms with Gasteiger partial charge in [0.25, 0.3) is 0 Å². The van der Waals surface area contributed by atoms with Gasteiger partial charge in [-0.3, -0.25) is 4.90 Å². The van der Waals surface area contributed by atoms with E-state index in [2.05, 4.69) is 65.4 Å². The summed E-state index contributed by atoms with van der Waals surface area (Å²) in [4.78, 5) is 2.52. The molecular formula is C23H26N2O. The number of hydrogen-bond donors (Lipinski definition) is 1. The van der Waals surface area contributed by atoms with Gasteiger partial charge < -0.3 is 9.67 Å². The SMILES string of the molecule is C=Cc1c(O)n([C@@H]2CCN(Cc3ccccc3)C[C@H]2C)c2ccccc12. The molecule has 0 bridgehead atoms. The molecule has 1 fully saturated rings. The topological polar surface area (TPSA) is 28.4 Å². The first-order valence-corrected chi connectivity index (χ1v) is 9.39. The molecule has 3 heteroatoms. The van der Waals surface area contributed by atoms with Crippen LogP contribution in [0.25, 0.3) is 17.0 Å². The number of hydrogen-bond acceptors (Lipinski definition) is 2. The molecule has 2 atom stereocenters. The Morgan fingerprint density at radius 1 is 1.12 bits per heavy atom. The summed E-state index contributed by atoms with van der Waals surface area (Å²) in [6.45, 7) is 9.26. The van der Waals surface area contributed by atoms with Crippen LogP contribution in [0.15, 0.2) is 61.2 Å². The monoisotopic (exact) mass is 346 g/mol. The van der Waals surface area contributed by atoms with E-state index in [-0.39, 0.29) is 0 Å². The number of piperidine rings is 1. The molecule has 0 unspecified atom stereocenters. The van der Waals surface area contributed by atoms with Crippen molar-refractivity contribution in [2.24, 2.45) is 5.92 Å². The molecular weight excluding hydrogens is 320 g/mol. The van der Waals surface area contributed by atoms with Gasteiger partial charge in [-0.1, -0.05) is 68.1 Å². The average molecular weight is 346 g/mol. The summed E-state index contributed by atoms with van der Waals surface area (Å²) >= 11 is 0. The van der Waals surface area contributed by atoms with Crippen LogP contribution in [0.4, 0.5) is 0 Å². The van der Waals surface area contributed by atoms with Gasteiger partial charge in [0.15, 0.2) is 5.88 Å². The summed E-state index contributed by atoms with van der Waals surface area (Å²) in [6, 6.07) is 19.2. The zero-order chi connectivity index (χ0) is 18.1. The molecule has 1 aliphatic heterocycles. The van der Waals surface area contributed by atoms with Crippen molar-refractivity contribution in [3.05, 3.63) is 72.3 Å². The largest absolute Gasteiger partial charge is 0.494 e. The Balaban J connectivity index is 1.60. The minimum atomic E-state index is 0.306. The van der Waals surface area contributed by atoms with Crippen molar-refractivity contribution in [2.45, 2.75) is 25.9 Å². The van der Waals surface area contributed by atoms with Crippen LogP contribution in [0, 0.1) is 5.92 Å². The predicted molar refractivity (Wildman–Crippen MR) is 108 cm³/mol. The van der Waals surface area contributed by atoms with Gasteiger partial charge in [-0.2, -0.15) is 0 Å². The standard InChI is InChI=1S/C23H26N2O/c1-3-19-20-11-7-8-12-22(20)25(23(19)26)21-13-14-24(15-17(21)2)16-18-9-5-4-6-10-18/h3-12,17,21,26H,1,13-16H2,2H3/t17-,21-/m1/s1. The molecule has 0 amide bonds. The van der Waals surface area contributed by atoms with E-state index in [4.69, 9.17) is 0 Å². The van der Waals surface area contributed by atoms with Gasteiger partial charge in [0.05, 0.1) is 5.52 Å². The lowest BCUT2D eigenvalue weighted by atomic mass is 9.93. The molecule has 3 nitrogen and oxygen atoms in total. The first-order valence-electron chi connectivity index (χ1n) is 9.39. The molecule has 2 aromatic carbocycles. The minimum absolute atomic E-state index is 0.306. The quantitative estimate of drug-likeness (QED) is 0.714. The molecule has 0 aliphatic carbocycles. The Kier molecular flexibility index (Phi) is 4.56. The van der Waals surface area contributed by atoms with Crippen molar-refractivity contribution < 1.29 is 5.11 Å². The molecule has 1 aliphatic rings. The number of para-hydroxylation sites is 1. The van der Waals surface area contributed by atoms with Crippen molar-refractivity contribution in [3.63, 3.8) is 0 Å². The molecule has 1 aromatic heterocycles. The van der Waals surface area contributed by atoms with E-state index in [1.807, 2.05) is 12.1 Å². The lowest BCUT2D eigenvalue weighted by molar-refractivity contribution is 0.125. The summed E-state index contributed by atoms with van der Waals surface area (Å²) in [5, 5.41) is 11.9. The van der Waals surface area contributed by atoms with Gasteiger partial charge in [0, 0.05) is 36.6 Å². The number of rotatable bonds is 4. The predicted octanol–water partition coefficient (Wildman–Crippen LogP) is 5.07. The summed E-state index contributed by atoms with van der Waals surface area (Å²) in [5.41, 5.74) is 3.31. The smallest absolute Gasteiger partial charge is 0.199 e. The highest BCUT2D eigenvalue weighted by Crippen LogP contribution is 2.40. The molecule has 2 heterocycles. The molecule has 1 N–H and O–H groups in total. The highest BCUT2D eigenvalue weighted by molar-refractivity contribution is 5.92. The minimum Gasteiger partial charge on any atom is -0.494 e. The zero-order valence-corrected chi connectivity index (χ0v) is 15.3. The third-order valence-electron chi connectivity index (χ3n) is 5.65. The molecule has 0 radical (unpaired) electrons. The van der Waals surface area contributed by atoms with Gasteiger partial charge in [-0.05, 0) is 24.0 Å². The average Bonchev–Trinajstić information content (AvgIpc) is 2.94. The van der Waals surface area contributed by atoms with E-state index in [9.17, 15) is 5.11 Å². The lowest BCUT2D eigenvalue weighted by Crippen LogP contribution is -2.39. The number of aromatic hydroxyl groups is 1. The van der Waals surface area contributed by atoms with E-state index < -0.39 is 0 Å². The van der Waals surface area contributed by atoms with Crippen LogP contribution in [-0.2, 0) is 6.54 Å². The first-order chi connectivity index (χ1) is 12.7. The van der Waals surface area contributed by atoms with Gasteiger partial charge in [-0.15, -0.1) is 0 Å². The second-order valence-electron chi connectivity index (χ2n) is 7.38. The Hall–Kier alpha value is -2.52. The Morgan fingerprint density at radius 2 is 1.85 bits per heavy atom. The summed E-state index contributed by atoms with van der Waals surface area (Å²) in [5.74, 6) is 0.821. The van der Waals surface area contributed by atoms with E-state index >= 15 is 0 Å². The maximum absolute atomic E-state index is 10.9. The molecule has 26 heavy (non-hydrogen) atoms. The van der Waals surface area contributed by atoms with E-state index in [0.717, 1.165) is 42.5 Å². The van der Waals surface area contributed by atoms with E-state index in [1.54, 1.807) is 6.08 Å². The second-order valence-corrected chi connectivity index (χ2v) is 7.38. The van der Waals surface area contributed by atoms with Crippen molar-refractivity contribution in [1.82, 2.24) is 9.47 Å². The van der Waals surface area contributed by atoms with Gasteiger partial charge in [0.2, 0.25) is 0 Å². The highest BCUT2D eigenvalue weighted by Gasteiger charge is 2.30. The van der Waals surface area contributed by atoms with Crippen LogP contribution in [0.3, 0.4) is 0 Å².